The molecule has 1 saturated heterocycles. The van der Waals surface area contributed by atoms with Gasteiger partial charge in [-0.3, -0.25) is 9.78 Å². The van der Waals surface area contributed by atoms with Crippen LogP contribution in [0.15, 0.2) is 24.4 Å². The highest BCUT2D eigenvalue weighted by molar-refractivity contribution is 7.99. The lowest BCUT2D eigenvalue weighted by molar-refractivity contribution is -0.139. The fourth-order valence-electron chi connectivity index (χ4n) is 5.89. The molecule has 5 nitrogen and oxygen atoms in total. The number of benzene rings is 1. The van der Waals surface area contributed by atoms with Crippen molar-refractivity contribution in [3.63, 3.8) is 0 Å². The summed E-state index contributed by atoms with van der Waals surface area (Å²) in [6, 6.07) is 5.40. The number of alkyl halides is 1. The number of halogens is 2. The Kier molecular flexibility index (Phi) is 10.1. The molecule has 1 aromatic carbocycles. The largest absolute Gasteiger partial charge is 0.497 e. The van der Waals surface area contributed by atoms with Crippen LogP contribution in [0.1, 0.15) is 69.5 Å². The molecule has 2 aromatic rings. The molecular weight excluding hydrogens is 499 g/mol. The molecule has 0 spiro atoms. The highest BCUT2D eigenvalue weighted by atomic mass is 35.5. The Labute approximate surface area is 223 Å². The first-order chi connectivity index (χ1) is 17.4. The van der Waals surface area contributed by atoms with Gasteiger partial charge in [-0.2, -0.15) is 11.8 Å². The molecule has 4 rings (SSSR count). The van der Waals surface area contributed by atoms with Crippen molar-refractivity contribution in [2.45, 2.75) is 69.2 Å². The van der Waals surface area contributed by atoms with Gasteiger partial charge in [0.15, 0.2) is 0 Å². The maximum atomic E-state index is 15.6. The summed E-state index contributed by atoms with van der Waals surface area (Å²) in [7, 11) is 1.58. The number of rotatable bonds is 11. The van der Waals surface area contributed by atoms with E-state index in [1.165, 1.54) is 38.3 Å². The third-order valence-corrected chi connectivity index (χ3v) is 9.56. The third-order valence-electron chi connectivity index (χ3n) is 7.90. The summed E-state index contributed by atoms with van der Waals surface area (Å²) in [5.74, 6) is 1.22. The van der Waals surface area contributed by atoms with E-state index in [1.807, 2.05) is 6.07 Å². The van der Waals surface area contributed by atoms with Crippen molar-refractivity contribution in [2.24, 2.45) is 11.8 Å². The van der Waals surface area contributed by atoms with Crippen molar-refractivity contribution in [1.29, 1.82) is 0 Å². The number of fused-ring (bicyclic) bond motifs is 1. The van der Waals surface area contributed by atoms with E-state index in [0.717, 1.165) is 37.1 Å². The molecule has 2 heterocycles. The SMILES string of the molecule is COc1ccc2ncc(Cl)c([C@H](F)CCC3CCN(CCSC4CCCCC4)CC3CC(=O)O)c2c1. The molecule has 0 amide bonds. The number of carboxylic acids is 1. The Morgan fingerprint density at radius 3 is 2.83 bits per heavy atom. The van der Waals surface area contributed by atoms with Gasteiger partial charge in [0, 0.05) is 47.7 Å². The molecule has 2 unspecified atom stereocenters. The molecule has 1 aromatic heterocycles. The second kappa shape index (κ2) is 13.3. The van der Waals surface area contributed by atoms with Crippen molar-refractivity contribution in [3.8, 4) is 5.75 Å². The van der Waals surface area contributed by atoms with Crippen LogP contribution in [0.5, 0.6) is 5.75 Å². The Balaban J connectivity index is 1.35. The fraction of sp³-hybridized carbons (Fsp3) is 0.643. The van der Waals surface area contributed by atoms with Gasteiger partial charge in [0.1, 0.15) is 11.9 Å². The van der Waals surface area contributed by atoms with Gasteiger partial charge in [-0.1, -0.05) is 30.9 Å². The molecule has 0 radical (unpaired) electrons. The highest BCUT2D eigenvalue weighted by Gasteiger charge is 2.32. The van der Waals surface area contributed by atoms with Crippen molar-refractivity contribution in [2.75, 3.05) is 32.5 Å². The number of methoxy groups -OCH3 is 1. The van der Waals surface area contributed by atoms with E-state index in [-0.39, 0.29) is 18.3 Å². The number of carboxylic acid groups (broad SMARTS) is 1. The molecule has 1 aliphatic carbocycles. The second-order valence-corrected chi connectivity index (χ2v) is 12.1. The van der Waals surface area contributed by atoms with Crippen LogP contribution in [-0.4, -0.2) is 58.7 Å². The summed E-state index contributed by atoms with van der Waals surface area (Å²) in [4.78, 5) is 18.4. The highest BCUT2D eigenvalue weighted by Crippen LogP contribution is 2.39. The van der Waals surface area contributed by atoms with Crippen LogP contribution in [0.4, 0.5) is 4.39 Å². The van der Waals surface area contributed by atoms with Gasteiger partial charge in [-0.15, -0.1) is 0 Å². The number of likely N-dealkylation sites (tertiary alicyclic amines) is 1. The Morgan fingerprint density at radius 1 is 1.28 bits per heavy atom. The summed E-state index contributed by atoms with van der Waals surface area (Å²) in [6.45, 7) is 2.75. The first-order valence-electron chi connectivity index (χ1n) is 13.3. The number of pyridine rings is 1. The topological polar surface area (TPSA) is 62.7 Å². The number of hydrogen-bond acceptors (Lipinski definition) is 5. The van der Waals surface area contributed by atoms with Gasteiger partial charge in [0.2, 0.25) is 0 Å². The number of aliphatic carboxylic acids is 1. The van der Waals surface area contributed by atoms with Crippen LogP contribution in [-0.2, 0) is 4.79 Å². The summed E-state index contributed by atoms with van der Waals surface area (Å²) in [5, 5.41) is 11.3. The first-order valence-corrected chi connectivity index (χ1v) is 14.7. The lowest BCUT2D eigenvalue weighted by Gasteiger charge is -2.38. The van der Waals surface area contributed by atoms with E-state index >= 15 is 4.39 Å². The summed E-state index contributed by atoms with van der Waals surface area (Å²) in [5.41, 5.74) is 1.13. The minimum absolute atomic E-state index is 0.0490. The summed E-state index contributed by atoms with van der Waals surface area (Å²) < 4.78 is 21.0. The summed E-state index contributed by atoms with van der Waals surface area (Å²) in [6.07, 6.45) is 9.04. The maximum absolute atomic E-state index is 15.6. The van der Waals surface area contributed by atoms with Gasteiger partial charge in [-0.25, -0.2) is 4.39 Å². The number of hydrogen-bond donors (Lipinski definition) is 1. The number of piperidine rings is 1. The quantitative estimate of drug-likeness (QED) is 0.328. The van der Waals surface area contributed by atoms with Gasteiger partial charge in [0.25, 0.3) is 0 Å². The molecular formula is C28H38ClFN2O3S. The number of thioether (sulfide) groups is 1. The van der Waals surface area contributed by atoms with E-state index in [4.69, 9.17) is 16.3 Å². The minimum Gasteiger partial charge on any atom is -0.497 e. The van der Waals surface area contributed by atoms with Crippen molar-refractivity contribution in [3.05, 3.63) is 35.0 Å². The first kappa shape index (κ1) is 27.5. The lowest BCUT2D eigenvalue weighted by Crippen LogP contribution is -2.42. The van der Waals surface area contributed by atoms with Crippen molar-refractivity contribution in [1.82, 2.24) is 9.88 Å². The molecule has 36 heavy (non-hydrogen) atoms. The van der Waals surface area contributed by atoms with Crippen molar-refractivity contribution < 1.29 is 19.0 Å². The fourth-order valence-corrected chi connectivity index (χ4v) is 7.53. The number of carbonyl (C=O) groups is 1. The van der Waals surface area contributed by atoms with Crippen LogP contribution in [0, 0.1) is 11.8 Å². The van der Waals surface area contributed by atoms with Gasteiger partial charge in [-0.05, 0) is 68.7 Å². The average molecular weight is 537 g/mol. The maximum Gasteiger partial charge on any atom is 0.303 e. The van der Waals surface area contributed by atoms with Gasteiger partial charge < -0.3 is 14.7 Å². The Bertz CT molecular complexity index is 1020. The number of aromatic nitrogens is 1. The molecule has 198 valence electrons. The predicted molar refractivity (Wildman–Crippen MR) is 146 cm³/mol. The smallest absolute Gasteiger partial charge is 0.303 e. The van der Waals surface area contributed by atoms with Crippen LogP contribution in [0.3, 0.4) is 0 Å². The Hall–Kier alpha value is -1.57. The second-order valence-electron chi connectivity index (χ2n) is 10.3. The minimum atomic E-state index is -1.24. The van der Waals surface area contributed by atoms with E-state index < -0.39 is 12.1 Å². The van der Waals surface area contributed by atoms with E-state index in [1.54, 1.807) is 19.2 Å². The van der Waals surface area contributed by atoms with Crippen LogP contribution < -0.4 is 4.74 Å². The van der Waals surface area contributed by atoms with Gasteiger partial charge in [0.05, 0.1) is 17.6 Å². The van der Waals surface area contributed by atoms with Crippen molar-refractivity contribution >= 4 is 40.2 Å². The molecule has 3 atom stereocenters. The molecule has 2 aliphatic rings. The number of nitrogens with zero attached hydrogens (tertiary/aromatic N) is 2. The summed E-state index contributed by atoms with van der Waals surface area (Å²) >= 11 is 8.50. The third kappa shape index (κ3) is 7.26. The molecule has 0 bridgehead atoms. The van der Waals surface area contributed by atoms with Crippen LogP contribution in [0.2, 0.25) is 5.02 Å². The number of ether oxygens (including phenoxy) is 1. The zero-order valence-electron chi connectivity index (χ0n) is 21.1. The molecule has 2 fully saturated rings. The van der Waals surface area contributed by atoms with Crippen LogP contribution >= 0.6 is 23.4 Å². The van der Waals surface area contributed by atoms with Gasteiger partial charge >= 0.3 is 5.97 Å². The van der Waals surface area contributed by atoms with Crippen LogP contribution in [0.25, 0.3) is 10.9 Å². The predicted octanol–water partition coefficient (Wildman–Crippen LogP) is 7.17. The van der Waals surface area contributed by atoms with E-state index in [0.29, 0.717) is 40.1 Å². The van der Waals surface area contributed by atoms with E-state index in [9.17, 15) is 9.90 Å². The Morgan fingerprint density at radius 2 is 2.08 bits per heavy atom. The normalized spacial score (nSPS) is 22.5. The zero-order valence-corrected chi connectivity index (χ0v) is 22.7. The monoisotopic (exact) mass is 536 g/mol. The molecule has 1 saturated carbocycles. The van der Waals surface area contributed by atoms with E-state index in [2.05, 4.69) is 21.6 Å². The average Bonchev–Trinajstić information content (AvgIpc) is 2.88. The zero-order chi connectivity index (χ0) is 25.5. The molecule has 1 N–H and O–H groups in total. The molecule has 1 aliphatic heterocycles. The molecule has 8 heteroatoms. The lowest BCUT2D eigenvalue weighted by atomic mass is 9.79. The standard InChI is InChI=1S/C28H38ClFN2O3S/c1-35-21-8-10-26-23(16-21)28(24(29)17-31-26)25(30)9-7-19-11-12-32(18-20(19)15-27(33)34)13-14-36-22-5-3-2-4-6-22/h8,10,16-17,19-20,22,25H,2-7,9,11-15,18H2,1H3,(H,33,34)/t19?,20?,25-/m1/s1.